The Hall–Kier alpha value is -1.12. The zero-order valence-electron chi connectivity index (χ0n) is 6.87. The second-order valence-corrected chi connectivity index (χ2v) is 3.44. The van der Waals surface area contributed by atoms with Crippen molar-refractivity contribution in [1.82, 2.24) is 0 Å². The number of carbonyl (C=O) groups excluding carboxylic acids is 2. The number of ether oxygens (including phenoxy) is 1. The minimum atomic E-state index is -0.339. The Balaban J connectivity index is 2.27. The summed E-state index contributed by atoms with van der Waals surface area (Å²) in [7, 11) is 0. The molecule has 3 heteroatoms. The Kier molecular flexibility index (Phi) is 1.53. The lowest BCUT2D eigenvalue weighted by molar-refractivity contribution is -0.153. The molecule has 64 valence electrons. The molecule has 0 radical (unpaired) electrons. The van der Waals surface area contributed by atoms with Crippen molar-refractivity contribution < 1.29 is 14.3 Å². The van der Waals surface area contributed by atoms with Gasteiger partial charge in [0.1, 0.15) is 0 Å². The molecule has 2 aliphatic rings. The van der Waals surface area contributed by atoms with E-state index < -0.39 is 0 Å². The highest BCUT2D eigenvalue weighted by atomic mass is 16.6. The number of cyclic esters (lactones) is 2. The minimum Gasteiger partial charge on any atom is -0.393 e. The van der Waals surface area contributed by atoms with Crippen LogP contribution in [0.2, 0.25) is 0 Å². The second kappa shape index (κ2) is 2.44. The van der Waals surface area contributed by atoms with E-state index in [2.05, 4.69) is 4.74 Å². The van der Waals surface area contributed by atoms with Gasteiger partial charge in [-0.05, 0) is 19.8 Å². The largest absolute Gasteiger partial charge is 0.393 e. The average Bonchev–Trinajstić information content (AvgIpc) is 2.28. The topological polar surface area (TPSA) is 43.4 Å². The summed E-state index contributed by atoms with van der Waals surface area (Å²) in [5, 5.41) is 0. The lowest BCUT2D eigenvalue weighted by Crippen LogP contribution is -2.20. The monoisotopic (exact) mass is 166 g/mol. The summed E-state index contributed by atoms with van der Waals surface area (Å²) in [6, 6.07) is 0. The number of rotatable bonds is 0. The molecule has 0 bridgehead atoms. The lowest BCUT2D eigenvalue weighted by Gasteiger charge is -2.17. The zero-order chi connectivity index (χ0) is 8.72. The Morgan fingerprint density at radius 3 is 2.75 bits per heavy atom. The van der Waals surface area contributed by atoms with Gasteiger partial charge in [-0.1, -0.05) is 11.6 Å². The number of allylic oxidation sites excluding steroid dienone is 2. The van der Waals surface area contributed by atoms with E-state index in [1.807, 2.05) is 13.0 Å². The predicted octanol–water partition coefficient (Wildman–Crippen LogP) is 1.04. The Labute approximate surface area is 70.4 Å². The normalized spacial score (nSPS) is 34.2. The molecule has 1 heterocycles. The summed E-state index contributed by atoms with van der Waals surface area (Å²) in [6.07, 6.45) is 3.37. The van der Waals surface area contributed by atoms with Gasteiger partial charge in [0.15, 0.2) is 0 Å². The van der Waals surface area contributed by atoms with Crippen LogP contribution in [0, 0.1) is 11.8 Å². The van der Waals surface area contributed by atoms with Crippen molar-refractivity contribution in [1.29, 1.82) is 0 Å². The molecule has 3 nitrogen and oxygen atoms in total. The highest BCUT2D eigenvalue weighted by Crippen LogP contribution is 2.35. The van der Waals surface area contributed by atoms with Crippen molar-refractivity contribution in [3.8, 4) is 0 Å². The van der Waals surface area contributed by atoms with Gasteiger partial charge in [0.05, 0.1) is 11.8 Å². The van der Waals surface area contributed by atoms with Gasteiger partial charge in [0.2, 0.25) is 0 Å². The van der Waals surface area contributed by atoms with Gasteiger partial charge in [-0.3, -0.25) is 9.59 Å². The summed E-state index contributed by atoms with van der Waals surface area (Å²) in [5.74, 6) is -1.06. The molecule has 0 spiro atoms. The Bertz CT molecular complexity index is 277. The van der Waals surface area contributed by atoms with Crippen LogP contribution in [0.25, 0.3) is 0 Å². The first-order valence-electron chi connectivity index (χ1n) is 4.09. The first-order chi connectivity index (χ1) is 5.68. The van der Waals surface area contributed by atoms with Crippen molar-refractivity contribution in [2.45, 2.75) is 19.8 Å². The third-order valence-corrected chi connectivity index (χ3v) is 2.55. The van der Waals surface area contributed by atoms with Crippen LogP contribution in [-0.2, 0) is 14.3 Å². The SMILES string of the molecule is CC1=CC[C@@H]2C(=O)OC(=O)[C@@H]2C1. The van der Waals surface area contributed by atoms with Crippen molar-refractivity contribution in [2.75, 3.05) is 0 Å². The number of fused-ring (bicyclic) bond motifs is 1. The molecule has 0 N–H and O–H groups in total. The first kappa shape index (κ1) is 7.53. The quantitative estimate of drug-likeness (QED) is 0.307. The molecule has 12 heavy (non-hydrogen) atoms. The van der Waals surface area contributed by atoms with Crippen LogP contribution in [0.5, 0.6) is 0 Å². The van der Waals surface area contributed by atoms with Crippen molar-refractivity contribution in [3.05, 3.63) is 11.6 Å². The molecule has 1 fully saturated rings. The molecule has 2 rings (SSSR count). The van der Waals surface area contributed by atoms with Crippen LogP contribution >= 0.6 is 0 Å². The molecule has 0 aromatic rings. The molecule has 1 aliphatic carbocycles. The lowest BCUT2D eigenvalue weighted by atomic mass is 9.82. The molecular weight excluding hydrogens is 156 g/mol. The van der Waals surface area contributed by atoms with Crippen LogP contribution in [0.4, 0.5) is 0 Å². The molecule has 1 saturated heterocycles. The second-order valence-electron chi connectivity index (χ2n) is 3.44. The van der Waals surface area contributed by atoms with Gasteiger partial charge in [0, 0.05) is 0 Å². The summed E-state index contributed by atoms with van der Waals surface area (Å²) in [6.45, 7) is 1.98. The van der Waals surface area contributed by atoms with Crippen LogP contribution < -0.4 is 0 Å². The number of hydrogen-bond acceptors (Lipinski definition) is 3. The third kappa shape index (κ3) is 0.967. The van der Waals surface area contributed by atoms with Gasteiger partial charge < -0.3 is 4.74 Å². The third-order valence-electron chi connectivity index (χ3n) is 2.55. The van der Waals surface area contributed by atoms with E-state index in [1.54, 1.807) is 0 Å². The molecule has 0 saturated carbocycles. The van der Waals surface area contributed by atoms with E-state index in [-0.39, 0.29) is 23.8 Å². The maximum atomic E-state index is 11.1. The van der Waals surface area contributed by atoms with Crippen molar-refractivity contribution in [2.24, 2.45) is 11.8 Å². The molecule has 0 amide bonds. The molecular formula is C9H10O3. The van der Waals surface area contributed by atoms with E-state index in [1.165, 1.54) is 5.57 Å². The van der Waals surface area contributed by atoms with E-state index in [0.29, 0.717) is 12.8 Å². The Morgan fingerprint density at radius 2 is 2.00 bits per heavy atom. The van der Waals surface area contributed by atoms with Crippen molar-refractivity contribution >= 4 is 11.9 Å². The number of esters is 2. The fourth-order valence-corrected chi connectivity index (χ4v) is 1.82. The van der Waals surface area contributed by atoms with Gasteiger partial charge in [-0.25, -0.2) is 0 Å². The van der Waals surface area contributed by atoms with Gasteiger partial charge in [-0.2, -0.15) is 0 Å². The maximum Gasteiger partial charge on any atom is 0.317 e. The zero-order valence-corrected chi connectivity index (χ0v) is 6.87. The van der Waals surface area contributed by atoms with Crippen LogP contribution in [0.15, 0.2) is 11.6 Å². The molecule has 0 aromatic carbocycles. The average molecular weight is 166 g/mol. The van der Waals surface area contributed by atoms with E-state index in [0.717, 1.165) is 0 Å². The van der Waals surface area contributed by atoms with E-state index >= 15 is 0 Å². The molecule has 0 aromatic heterocycles. The van der Waals surface area contributed by atoms with Gasteiger partial charge in [-0.15, -0.1) is 0 Å². The number of hydrogen-bond donors (Lipinski definition) is 0. The molecule has 2 atom stereocenters. The Morgan fingerprint density at radius 1 is 1.33 bits per heavy atom. The summed E-state index contributed by atoms with van der Waals surface area (Å²) < 4.78 is 4.55. The van der Waals surface area contributed by atoms with Crippen LogP contribution in [0.1, 0.15) is 19.8 Å². The first-order valence-corrected chi connectivity index (χ1v) is 4.09. The standard InChI is InChI=1S/C9H10O3/c1-5-2-3-6-7(4-5)9(11)12-8(6)10/h2,6-7H,3-4H2,1H3/t6-,7+/m0/s1. The highest BCUT2D eigenvalue weighted by molar-refractivity contribution is 5.96. The smallest absolute Gasteiger partial charge is 0.317 e. The molecule has 1 aliphatic heterocycles. The summed E-state index contributed by atoms with van der Waals surface area (Å²) in [5.41, 5.74) is 1.18. The maximum absolute atomic E-state index is 11.1. The van der Waals surface area contributed by atoms with Crippen LogP contribution in [-0.4, -0.2) is 11.9 Å². The fraction of sp³-hybridized carbons (Fsp3) is 0.556. The number of carbonyl (C=O) groups is 2. The predicted molar refractivity (Wildman–Crippen MR) is 41.1 cm³/mol. The van der Waals surface area contributed by atoms with Gasteiger partial charge in [0.25, 0.3) is 0 Å². The van der Waals surface area contributed by atoms with Gasteiger partial charge >= 0.3 is 11.9 Å². The molecule has 0 unspecified atom stereocenters. The summed E-state index contributed by atoms with van der Waals surface area (Å²) in [4.78, 5) is 22.1. The van der Waals surface area contributed by atoms with Crippen LogP contribution in [0.3, 0.4) is 0 Å². The van der Waals surface area contributed by atoms with E-state index in [9.17, 15) is 9.59 Å². The van der Waals surface area contributed by atoms with E-state index in [4.69, 9.17) is 0 Å². The highest BCUT2D eigenvalue weighted by Gasteiger charge is 2.44. The fourth-order valence-electron chi connectivity index (χ4n) is 1.82. The minimum absolute atomic E-state index is 0.192. The summed E-state index contributed by atoms with van der Waals surface area (Å²) >= 11 is 0. The van der Waals surface area contributed by atoms with Crippen molar-refractivity contribution in [3.63, 3.8) is 0 Å².